The van der Waals surface area contributed by atoms with Crippen molar-refractivity contribution in [3.8, 4) is 0 Å². The summed E-state index contributed by atoms with van der Waals surface area (Å²) in [5.41, 5.74) is -0.110. The fraction of sp³-hybridized carbons (Fsp3) is 0.231. The third kappa shape index (κ3) is 4.04. The van der Waals surface area contributed by atoms with Gasteiger partial charge < -0.3 is 5.32 Å². The molecule has 1 heterocycles. The van der Waals surface area contributed by atoms with Crippen LogP contribution in [0.2, 0.25) is 0 Å². The lowest BCUT2D eigenvalue weighted by Gasteiger charge is -2.09. The molecule has 0 aliphatic carbocycles. The lowest BCUT2D eigenvalue weighted by Crippen LogP contribution is -2.13. The highest BCUT2D eigenvalue weighted by molar-refractivity contribution is 7.10. The fourth-order valence-electron chi connectivity index (χ4n) is 1.63. The van der Waals surface area contributed by atoms with Crippen LogP contribution in [0.4, 0.5) is 17.6 Å². The number of nitrogens with one attached hydrogen (secondary N) is 1. The van der Waals surface area contributed by atoms with Crippen LogP contribution in [0.3, 0.4) is 0 Å². The maximum absolute atomic E-state index is 12.7. The molecule has 1 aromatic carbocycles. The number of halogens is 4. The Morgan fingerprint density at radius 1 is 1.05 bits per heavy atom. The van der Waals surface area contributed by atoms with Crippen LogP contribution in [0.5, 0.6) is 0 Å². The second kappa shape index (κ2) is 5.71. The number of hydrogen-bond donors (Lipinski definition) is 1. The molecule has 6 heteroatoms. The molecule has 2 aromatic rings. The van der Waals surface area contributed by atoms with Crippen LogP contribution in [-0.2, 0) is 19.3 Å². The van der Waals surface area contributed by atoms with Crippen LogP contribution >= 0.6 is 11.3 Å². The molecule has 1 aromatic heterocycles. The molecule has 0 fully saturated rings. The van der Waals surface area contributed by atoms with Gasteiger partial charge in [-0.15, -0.1) is 11.3 Å². The fourth-order valence-corrected chi connectivity index (χ4v) is 2.33. The topological polar surface area (TPSA) is 12.0 Å². The van der Waals surface area contributed by atoms with E-state index in [2.05, 4.69) is 5.32 Å². The third-order valence-corrected chi connectivity index (χ3v) is 3.39. The maximum Gasteiger partial charge on any atom is 0.416 e. The second-order valence-corrected chi connectivity index (χ2v) is 5.13. The third-order valence-electron chi connectivity index (χ3n) is 2.51. The normalized spacial score (nSPS) is 11.8. The van der Waals surface area contributed by atoms with Crippen LogP contribution in [0.15, 0.2) is 36.4 Å². The Morgan fingerprint density at radius 2 is 1.84 bits per heavy atom. The van der Waals surface area contributed by atoms with E-state index in [-0.39, 0.29) is 5.13 Å². The summed E-state index contributed by atoms with van der Waals surface area (Å²) in [5.74, 6) is 0. The van der Waals surface area contributed by atoms with E-state index in [0.717, 1.165) is 28.3 Å². The van der Waals surface area contributed by atoms with Gasteiger partial charge in [0.15, 0.2) is 5.13 Å². The van der Waals surface area contributed by atoms with Gasteiger partial charge in [-0.05, 0) is 23.8 Å². The molecule has 1 N–H and O–H groups in total. The largest absolute Gasteiger partial charge is 0.416 e. The summed E-state index contributed by atoms with van der Waals surface area (Å²) in [6.07, 6.45) is -4.33. The minimum Gasteiger partial charge on any atom is -0.308 e. The molecule has 1 nitrogen and oxygen atoms in total. The van der Waals surface area contributed by atoms with Crippen molar-refractivity contribution in [3.63, 3.8) is 0 Å². The lowest BCUT2D eigenvalue weighted by molar-refractivity contribution is -0.137. The van der Waals surface area contributed by atoms with Gasteiger partial charge in [0.05, 0.1) is 5.56 Å². The van der Waals surface area contributed by atoms with Gasteiger partial charge in [-0.3, -0.25) is 0 Å². The Kier molecular flexibility index (Phi) is 4.21. The molecule has 102 valence electrons. The molecule has 0 radical (unpaired) electrons. The van der Waals surface area contributed by atoms with E-state index >= 15 is 0 Å². The second-order valence-electron chi connectivity index (χ2n) is 4.01. The monoisotopic (exact) mass is 289 g/mol. The minimum absolute atomic E-state index is 0.268. The van der Waals surface area contributed by atoms with Gasteiger partial charge in [0.25, 0.3) is 0 Å². The molecule has 0 unspecified atom stereocenters. The Morgan fingerprint density at radius 3 is 2.47 bits per heavy atom. The molecule has 0 saturated carbocycles. The van der Waals surface area contributed by atoms with Crippen LogP contribution in [-0.4, -0.2) is 0 Å². The molecular weight excluding hydrogens is 278 g/mol. The predicted octanol–water partition coefficient (Wildman–Crippen LogP) is 4.20. The first-order chi connectivity index (χ1) is 8.95. The Hall–Kier alpha value is -1.40. The van der Waals surface area contributed by atoms with Crippen molar-refractivity contribution in [2.75, 3.05) is 0 Å². The van der Waals surface area contributed by atoms with Crippen molar-refractivity contribution < 1.29 is 17.6 Å². The summed E-state index contributed by atoms with van der Waals surface area (Å²) >= 11 is 1.02. The maximum atomic E-state index is 12.7. The van der Waals surface area contributed by atoms with E-state index in [1.54, 1.807) is 12.1 Å². The highest BCUT2D eigenvalue weighted by Crippen LogP contribution is 2.29. The number of hydrogen-bond acceptors (Lipinski definition) is 2. The molecule has 0 bridgehead atoms. The molecule has 0 aliphatic rings. The van der Waals surface area contributed by atoms with Gasteiger partial charge >= 0.3 is 6.18 Å². The van der Waals surface area contributed by atoms with E-state index in [4.69, 9.17) is 0 Å². The standard InChI is InChI=1S/C13H11F4NS/c14-12-5-4-11(19-12)8-18-7-9-2-1-3-10(6-9)13(15,16)17/h1-6,18H,7-8H2. The van der Waals surface area contributed by atoms with Gasteiger partial charge in [-0.25, -0.2) is 0 Å². The molecule has 0 spiro atoms. The first-order valence-electron chi connectivity index (χ1n) is 5.56. The van der Waals surface area contributed by atoms with Crippen molar-refractivity contribution >= 4 is 11.3 Å². The van der Waals surface area contributed by atoms with Gasteiger partial charge in [-0.2, -0.15) is 17.6 Å². The summed E-state index contributed by atoms with van der Waals surface area (Å²) in [6, 6.07) is 8.17. The molecule has 0 amide bonds. The highest BCUT2D eigenvalue weighted by Gasteiger charge is 2.30. The molecule has 19 heavy (non-hydrogen) atoms. The summed E-state index contributed by atoms with van der Waals surface area (Å²) in [5, 5.41) is 2.72. The molecule has 0 aliphatic heterocycles. The van der Waals surface area contributed by atoms with Gasteiger partial charge in [0, 0.05) is 18.0 Å². The lowest BCUT2D eigenvalue weighted by atomic mass is 10.1. The Bertz CT molecular complexity index is 548. The van der Waals surface area contributed by atoms with Crippen molar-refractivity contribution in [3.05, 3.63) is 57.5 Å². The molecule has 0 saturated heterocycles. The zero-order valence-electron chi connectivity index (χ0n) is 9.80. The highest BCUT2D eigenvalue weighted by atomic mass is 32.1. The van der Waals surface area contributed by atoms with E-state index < -0.39 is 11.7 Å². The molecular formula is C13H11F4NS. The predicted molar refractivity (Wildman–Crippen MR) is 66.3 cm³/mol. The first kappa shape index (κ1) is 14.0. The van der Waals surface area contributed by atoms with E-state index in [1.807, 2.05) is 0 Å². The number of thiophene rings is 1. The minimum atomic E-state index is -4.33. The summed E-state index contributed by atoms with van der Waals surface area (Å²) in [6.45, 7) is 0.744. The van der Waals surface area contributed by atoms with E-state index in [0.29, 0.717) is 18.7 Å². The summed E-state index contributed by atoms with van der Waals surface area (Å²) in [4.78, 5) is 0.810. The number of benzene rings is 1. The zero-order valence-corrected chi connectivity index (χ0v) is 10.6. The van der Waals surface area contributed by atoms with Crippen molar-refractivity contribution in [2.45, 2.75) is 19.3 Å². The van der Waals surface area contributed by atoms with Crippen LogP contribution < -0.4 is 5.32 Å². The Balaban J connectivity index is 1.93. The quantitative estimate of drug-likeness (QED) is 0.832. The van der Waals surface area contributed by atoms with Crippen molar-refractivity contribution in [2.24, 2.45) is 0 Å². The van der Waals surface area contributed by atoms with Crippen LogP contribution in [0.25, 0.3) is 0 Å². The SMILES string of the molecule is Fc1ccc(CNCc2cccc(C(F)(F)F)c2)s1. The number of rotatable bonds is 4. The van der Waals surface area contributed by atoms with Crippen LogP contribution in [0.1, 0.15) is 16.0 Å². The number of alkyl halides is 3. The summed E-state index contributed by atoms with van der Waals surface area (Å²) < 4.78 is 50.2. The van der Waals surface area contributed by atoms with Gasteiger partial charge in [0.1, 0.15) is 0 Å². The Labute approximate surface area is 111 Å². The smallest absolute Gasteiger partial charge is 0.308 e. The molecule has 0 atom stereocenters. The zero-order chi connectivity index (χ0) is 13.9. The average molecular weight is 289 g/mol. The summed E-state index contributed by atoms with van der Waals surface area (Å²) in [7, 11) is 0. The molecule has 2 rings (SSSR count). The van der Waals surface area contributed by atoms with Gasteiger partial charge in [0.2, 0.25) is 0 Å². The van der Waals surface area contributed by atoms with Crippen molar-refractivity contribution in [1.29, 1.82) is 0 Å². The van der Waals surface area contributed by atoms with E-state index in [1.165, 1.54) is 12.1 Å². The van der Waals surface area contributed by atoms with E-state index in [9.17, 15) is 17.6 Å². The van der Waals surface area contributed by atoms with Crippen LogP contribution in [0, 0.1) is 5.13 Å². The van der Waals surface area contributed by atoms with Gasteiger partial charge in [-0.1, -0.05) is 18.2 Å². The average Bonchev–Trinajstić information content (AvgIpc) is 2.74. The first-order valence-corrected chi connectivity index (χ1v) is 6.38. The van der Waals surface area contributed by atoms with Crippen molar-refractivity contribution in [1.82, 2.24) is 5.32 Å².